The molecular weight excluding hydrogens is 302 g/mol. The Kier molecular flexibility index (Phi) is 5.01. The van der Waals surface area contributed by atoms with Crippen molar-refractivity contribution in [1.29, 1.82) is 0 Å². The van der Waals surface area contributed by atoms with E-state index < -0.39 is 9.84 Å². The lowest BCUT2D eigenvalue weighted by atomic mass is 10.2. The smallest absolute Gasteiger partial charge is 0.175 e. The highest BCUT2D eigenvalue weighted by Gasteiger charge is 2.11. The first-order valence-corrected chi connectivity index (χ1v) is 8.50. The molecule has 0 radical (unpaired) electrons. The maximum absolute atomic E-state index is 11.4. The van der Waals surface area contributed by atoms with Crippen LogP contribution >= 0.6 is 15.9 Å². The first-order chi connectivity index (χ1) is 7.86. The van der Waals surface area contributed by atoms with E-state index in [9.17, 15) is 8.42 Å². The van der Waals surface area contributed by atoms with Crippen molar-refractivity contribution in [3.05, 3.63) is 24.3 Å². The number of nitrogens with zero attached hydrogens (tertiary/aromatic N) is 1. The number of alkyl halides is 1. The normalized spacial score (nSPS) is 11.8. The van der Waals surface area contributed by atoms with E-state index in [2.05, 4.69) is 34.7 Å². The molecule has 0 unspecified atom stereocenters. The van der Waals surface area contributed by atoms with Gasteiger partial charge in [0.05, 0.1) is 4.90 Å². The molecule has 0 amide bonds. The van der Waals surface area contributed by atoms with Gasteiger partial charge in [0.1, 0.15) is 0 Å². The van der Waals surface area contributed by atoms with E-state index in [4.69, 9.17) is 0 Å². The molecule has 0 saturated carbocycles. The van der Waals surface area contributed by atoms with Gasteiger partial charge in [-0.05, 0) is 38.1 Å². The molecule has 0 atom stereocenters. The topological polar surface area (TPSA) is 37.4 Å². The molecule has 5 heteroatoms. The van der Waals surface area contributed by atoms with Crippen molar-refractivity contribution < 1.29 is 8.42 Å². The first kappa shape index (κ1) is 14.5. The Labute approximate surface area is 112 Å². The van der Waals surface area contributed by atoms with Gasteiger partial charge in [-0.25, -0.2) is 8.42 Å². The molecule has 0 fully saturated rings. The number of anilines is 1. The third kappa shape index (κ3) is 4.00. The molecular formula is C12H18BrNO2S. The van der Waals surface area contributed by atoms with Crippen LogP contribution in [0, 0.1) is 0 Å². The molecule has 0 aliphatic heterocycles. The van der Waals surface area contributed by atoms with Gasteiger partial charge in [0.15, 0.2) is 9.84 Å². The van der Waals surface area contributed by atoms with Crippen LogP contribution in [0.5, 0.6) is 0 Å². The molecule has 96 valence electrons. The van der Waals surface area contributed by atoms with Gasteiger partial charge in [0, 0.05) is 29.9 Å². The summed E-state index contributed by atoms with van der Waals surface area (Å²) in [5.74, 6) is 0. The number of halogens is 1. The van der Waals surface area contributed by atoms with Gasteiger partial charge in [-0.1, -0.05) is 15.9 Å². The second-order valence-electron chi connectivity index (χ2n) is 4.24. The summed E-state index contributed by atoms with van der Waals surface area (Å²) in [5.41, 5.74) is 1.05. The molecule has 17 heavy (non-hydrogen) atoms. The van der Waals surface area contributed by atoms with Gasteiger partial charge >= 0.3 is 0 Å². The van der Waals surface area contributed by atoms with Crippen molar-refractivity contribution >= 4 is 31.5 Å². The van der Waals surface area contributed by atoms with Crippen molar-refractivity contribution in [3.8, 4) is 0 Å². The summed E-state index contributed by atoms with van der Waals surface area (Å²) >= 11 is 3.42. The molecule has 0 N–H and O–H groups in total. The minimum Gasteiger partial charge on any atom is -0.368 e. The zero-order valence-corrected chi connectivity index (χ0v) is 12.8. The van der Waals surface area contributed by atoms with Gasteiger partial charge in [0.2, 0.25) is 0 Å². The zero-order valence-electron chi connectivity index (χ0n) is 10.4. The van der Waals surface area contributed by atoms with Crippen LogP contribution in [-0.2, 0) is 9.84 Å². The molecule has 0 aliphatic rings. The molecule has 0 saturated heterocycles. The van der Waals surface area contributed by atoms with Crippen LogP contribution in [0.1, 0.15) is 13.8 Å². The Morgan fingerprint density at radius 3 is 2.12 bits per heavy atom. The van der Waals surface area contributed by atoms with E-state index in [0.29, 0.717) is 10.9 Å². The molecule has 0 spiro atoms. The van der Waals surface area contributed by atoms with Crippen LogP contribution in [0.3, 0.4) is 0 Å². The molecule has 1 aromatic carbocycles. The van der Waals surface area contributed by atoms with Crippen LogP contribution in [0.25, 0.3) is 0 Å². The zero-order chi connectivity index (χ0) is 13.1. The third-order valence-corrected chi connectivity index (χ3v) is 4.03. The lowest BCUT2D eigenvalue weighted by Crippen LogP contribution is -2.32. The summed E-state index contributed by atoms with van der Waals surface area (Å²) in [7, 11) is -3.11. The van der Waals surface area contributed by atoms with Crippen LogP contribution in [0.15, 0.2) is 29.2 Å². The van der Waals surface area contributed by atoms with Crippen molar-refractivity contribution in [2.24, 2.45) is 0 Å². The summed E-state index contributed by atoms with van der Waals surface area (Å²) in [6.45, 7) is 5.14. The highest BCUT2D eigenvalue weighted by Crippen LogP contribution is 2.20. The van der Waals surface area contributed by atoms with Gasteiger partial charge in [0.25, 0.3) is 0 Å². The maximum Gasteiger partial charge on any atom is 0.175 e. The predicted molar refractivity (Wildman–Crippen MR) is 75.8 cm³/mol. The van der Waals surface area contributed by atoms with E-state index in [-0.39, 0.29) is 0 Å². The molecule has 0 bridgehead atoms. The number of benzene rings is 1. The van der Waals surface area contributed by atoms with Crippen LogP contribution in [-0.4, -0.2) is 32.6 Å². The Bertz CT molecular complexity index is 454. The average Bonchev–Trinajstić information content (AvgIpc) is 2.24. The maximum atomic E-state index is 11.4. The summed E-state index contributed by atoms with van der Waals surface area (Å²) in [5, 5.41) is 0.888. The standard InChI is InChI=1S/C12H18BrNO2S/c1-10(2)14(9-8-13)11-4-6-12(7-5-11)17(3,15)16/h4-7,10H,8-9H2,1-3H3. The lowest BCUT2D eigenvalue weighted by molar-refractivity contribution is 0.602. The second-order valence-corrected chi connectivity index (χ2v) is 7.05. The van der Waals surface area contributed by atoms with E-state index in [1.54, 1.807) is 12.1 Å². The van der Waals surface area contributed by atoms with Crippen molar-refractivity contribution in [2.75, 3.05) is 23.0 Å². The quantitative estimate of drug-likeness (QED) is 0.783. The van der Waals surface area contributed by atoms with E-state index >= 15 is 0 Å². The summed E-state index contributed by atoms with van der Waals surface area (Å²) in [6.07, 6.45) is 1.22. The molecule has 1 aromatic rings. The predicted octanol–water partition coefficient (Wildman–Crippen LogP) is 2.70. The Hall–Kier alpha value is -0.550. The monoisotopic (exact) mass is 319 g/mol. The fourth-order valence-corrected chi connectivity index (χ4v) is 2.67. The van der Waals surface area contributed by atoms with Gasteiger partial charge < -0.3 is 4.90 Å². The number of rotatable bonds is 5. The minimum atomic E-state index is -3.11. The number of hydrogen-bond donors (Lipinski definition) is 0. The first-order valence-electron chi connectivity index (χ1n) is 5.49. The summed E-state index contributed by atoms with van der Waals surface area (Å²) < 4.78 is 22.7. The number of hydrogen-bond acceptors (Lipinski definition) is 3. The minimum absolute atomic E-state index is 0.365. The Balaban J connectivity index is 3.00. The van der Waals surface area contributed by atoms with Crippen molar-refractivity contribution in [1.82, 2.24) is 0 Å². The van der Waals surface area contributed by atoms with Gasteiger partial charge in [-0.3, -0.25) is 0 Å². The highest BCUT2D eigenvalue weighted by atomic mass is 79.9. The van der Waals surface area contributed by atoms with Crippen molar-refractivity contribution in [2.45, 2.75) is 24.8 Å². The molecule has 3 nitrogen and oxygen atoms in total. The average molecular weight is 320 g/mol. The lowest BCUT2D eigenvalue weighted by Gasteiger charge is -2.28. The van der Waals surface area contributed by atoms with E-state index in [1.165, 1.54) is 6.26 Å². The molecule has 1 rings (SSSR count). The molecule has 0 aliphatic carbocycles. The largest absolute Gasteiger partial charge is 0.368 e. The van der Waals surface area contributed by atoms with Crippen LogP contribution in [0.2, 0.25) is 0 Å². The summed E-state index contributed by atoms with van der Waals surface area (Å²) in [4.78, 5) is 2.59. The Morgan fingerprint density at radius 1 is 1.24 bits per heavy atom. The van der Waals surface area contributed by atoms with Crippen molar-refractivity contribution in [3.63, 3.8) is 0 Å². The van der Waals surface area contributed by atoms with Crippen LogP contribution < -0.4 is 4.90 Å². The van der Waals surface area contributed by atoms with Gasteiger partial charge in [-0.15, -0.1) is 0 Å². The second kappa shape index (κ2) is 5.87. The summed E-state index contributed by atoms with van der Waals surface area (Å²) in [6, 6.07) is 7.43. The molecule has 0 aromatic heterocycles. The fraction of sp³-hybridized carbons (Fsp3) is 0.500. The van der Waals surface area contributed by atoms with Crippen LogP contribution in [0.4, 0.5) is 5.69 Å². The van der Waals surface area contributed by atoms with Gasteiger partial charge in [-0.2, -0.15) is 0 Å². The highest BCUT2D eigenvalue weighted by molar-refractivity contribution is 9.09. The van der Waals surface area contributed by atoms with E-state index in [1.807, 2.05) is 12.1 Å². The molecule has 0 heterocycles. The fourth-order valence-electron chi connectivity index (χ4n) is 1.66. The number of sulfone groups is 1. The Morgan fingerprint density at radius 2 is 1.76 bits per heavy atom. The van der Waals surface area contributed by atoms with E-state index in [0.717, 1.165) is 17.6 Å². The SMILES string of the molecule is CC(C)N(CCBr)c1ccc(S(C)(=O)=O)cc1. The third-order valence-electron chi connectivity index (χ3n) is 2.55.